The van der Waals surface area contributed by atoms with Crippen LogP contribution in [0.4, 0.5) is 17.5 Å². The molecule has 1 aliphatic carbocycles. The summed E-state index contributed by atoms with van der Waals surface area (Å²) in [5.41, 5.74) is 1.10. The average Bonchev–Trinajstić information content (AvgIpc) is 2.91. The fourth-order valence-corrected chi connectivity index (χ4v) is 5.09. The third-order valence-electron chi connectivity index (χ3n) is 6.47. The van der Waals surface area contributed by atoms with Gasteiger partial charge in [0, 0.05) is 37.6 Å². The summed E-state index contributed by atoms with van der Waals surface area (Å²) in [6, 6.07) is 5.76. The van der Waals surface area contributed by atoms with E-state index in [0.717, 1.165) is 44.6 Å². The molecular formula is C24H31N7O4S. The van der Waals surface area contributed by atoms with Crippen LogP contribution in [0, 0.1) is 0 Å². The first-order valence-corrected chi connectivity index (χ1v) is 14.0. The van der Waals surface area contributed by atoms with Crippen molar-refractivity contribution in [3.05, 3.63) is 36.8 Å². The molecule has 3 aromatic heterocycles. The summed E-state index contributed by atoms with van der Waals surface area (Å²) in [5.74, 6) is 1.88. The lowest BCUT2D eigenvalue weighted by Gasteiger charge is -2.31. The SMILES string of the molecule is CCS(=O)(=O)Nc1cnc2cc(N3CCOCC3)nc(OC3CCC(Nc4ncccn4)CC3)c2c1. The smallest absolute Gasteiger partial charge is 0.232 e. The molecule has 2 aliphatic rings. The molecular weight excluding hydrogens is 482 g/mol. The van der Waals surface area contributed by atoms with Crippen molar-refractivity contribution in [2.24, 2.45) is 0 Å². The summed E-state index contributed by atoms with van der Waals surface area (Å²) >= 11 is 0. The van der Waals surface area contributed by atoms with Crippen LogP contribution in [0.1, 0.15) is 32.6 Å². The van der Waals surface area contributed by atoms with Crippen LogP contribution in [0.5, 0.6) is 5.88 Å². The van der Waals surface area contributed by atoms with Gasteiger partial charge in [0.15, 0.2) is 0 Å². The largest absolute Gasteiger partial charge is 0.474 e. The number of aromatic nitrogens is 4. The highest BCUT2D eigenvalue weighted by atomic mass is 32.2. The van der Waals surface area contributed by atoms with Crippen LogP contribution in [-0.2, 0) is 14.8 Å². The van der Waals surface area contributed by atoms with E-state index >= 15 is 0 Å². The molecule has 0 radical (unpaired) electrons. The summed E-state index contributed by atoms with van der Waals surface area (Å²) in [6.07, 6.45) is 8.52. The van der Waals surface area contributed by atoms with Gasteiger partial charge in [-0.05, 0) is 44.7 Å². The zero-order valence-corrected chi connectivity index (χ0v) is 21.1. The molecule has 2 fully saturated rings. The standard InChI is InChI=1S/C24H31N7O4S/c1-2-36(32,33)30-18-14-20-21(27-16-18)15-22(31-10-12-34-13-11-31)29-23(20)35-19-6-4-17(5-7-19)28-24-25-8-3-9-26-24/h3,8-9,14-17,19,30H,2,4-7,10-13H2,1H3,(H,25,26,28). The molecule has 0 atom stereocenters. The van der Waals surface area contributed by atoms with Crippen LogP contribution in [0.25, 0.3) is 10.9 Å². The first-order chi connectivity index (χ1) is 17.5. The number of fused-ring (bicyclic) bond motifs is 1. The topological polar surface area (TPSA) is 131 Å². The molecule has 0 aromatic carbocycles. The van der Waals surface area contributed by atoms with E-state index in [1.165, 1.54) is 6.20 Å². The maximum absolute atomic E-state index is 12.1. The number of anilines is 3. The monoisotopic (exact) mass is 513 g/mol. The van der Waals surface area contributed by atoms with E-state index in [9.17, 15) is 8.42 Å². The van der Waals surface area contributed by atoms with E-state index < -0.39 is 10.0 Å². The zero-order chi connectivity index (χ0) is 25.0. The molecule has 11 nitrogen and oxygen atoms in total. The molecule has 5 rings (SSSR count). The van der Waals surface area contributed by atoms with Crippen molar-refractivity contribution in [2.75, 3.05) is 47.0 Å². The number of hydrogen-bond donors (Lipinski definition) is 2. The second kappa shape index (κ2) is 10.8. The van der Waals surface area contributed by atoms with E-state index in [1.54, 1.807) is 31.5 Å². The highest BCUT2D eigenvalue weighted by Crippen LogP contribution is 2.33. The van der Waals surface area contributed by atoms with Gasteiger partial charge < -0.3 is 19.7 Å². The van der Waals surface area contributed by atoms with Crippen LogP contribution in [-0.4, -0.2) is 72.6 Å². The van der Waals surface area contributed by atoms with Gasteiger partial charge in [-0.25, -0.2) is 18.4 Å². The first kappa shape index (κ1) is 24.4. The minimum absolute atomic E-state index is 0.00799. The van der Waals surface area contributed by atoms with Crippen molar-refractivity contribution < 1.29 is 17.9 Å². The van der Waals surface area contributed by atoms with Gasteiger partial charge >= 0.3 is 0 Å². The summed E-state index contributed by atoms with van der Waals surface area (Å²) in [6.45, 7) is 4.36. The zero-order valence-electron chi connectivity index (χ0n) is 20.3. The lowest BCUT2D eigenvalue weighted by Crippen LogP contribution is -2.37. The van der Waals surface area contributed by atoms with Crippen molar-refractivity contribution in [1.82, 2.24) is 19.9 Å². The molecule has 0 amide bonds. The Morgan fingerprint density at radius 1 is 1.08 bits per heavy atom. The van der Waals surface area contributed by atoms with Crippen LogP contribution >= 0.6 is 0 Å². The quantitative estimate of drug-likeness (QED) is 0.463. The van der Waals surface area contributed by atoms with Crippen molar-refractivity contribution >= 4 is 38.4 Å². The number of morpholine rings is 1. The summed E-state index contributed by atoms with van der Waals surface area (Å²) in [4.78, 5) is 20.1. The number of sulfonamides is 1. The minimum atomic E-state index is -3.43. The van der Waals surface area contributed by atoms with Gasteiger partial charge in [-0.3, -0.25) is 9.71 Å². The van der Waals surface area contributed by atoms with Crippen LogP contribution < -0.4 is 19.7 Å². The molecule has 0 spiro atoms. The van der Waals surface area contributed by atoms with Gasteiger partial charge in [-0.2, -0.15) is 4.98 Å². The molecule has 3 aromatic rings. The van der Waals surface area contributed by atoms with Gasteiger partial charge in [-0.15, -0.1) is 0 Å². The molecule has 36 heavy (non-hydrogen) atoms. The van der Waals surface area contributed by atoms with Gasteiger partial charge in [0.05, 0.1) is 41.8 Å². The van der Waals surface area contributed by atoms with Crippen molar-refractivity contribution in [3.8, 4) is 5.88 Å². The maximum Gasteiger partial charge on any atom is 0.232 e. The highest BCUT2D eigenvalue weighted by Gasteiger charge is 2.25. The Balaban J connectivity index is 1.37. The van der Waals surface area contributed by atoms with Crippen molar-refractivity contribution in [3.63, 3.8) is 0 Å². The second-order valence-electron chi connectivity index (χ2n) is 8.99. The Bertz CT molecular complexity index is 1280. The molecule has 1 saturated heterocycles. The molecule has 192 valence electrons. The average molecular weight is 514 g/mol. The molecule has 1 saturated carbocycles. The van der Waals surface area contributed by atoms with Crippen molar-refractivity contribution in [2.45, 2.75) is 44.8 Å². The molecule has 12 heteroatoms. The van der Waals surface area contributed by atoms with Gasteiger partial charge in [0.2, 0.25) is 21.9 Å². The first-order valence-electron chi connectivity index (χ1n) is 12.3. The number of pyridine rings is 2. The highest BCUT2D eigenvalue weighted by molar-refractivity contribution is 7.92. The third kappa shape index (κ3) is 5.93. The van der Waals surface area contributed by atoms with Crippen LogP contribution in [0.2, 0.25) is 0 Å². The lowest BCUT2D eigenvalue weighted by molar-refractivity contribution is 0.122. The Labute approximate surface area is 210 Å². The third-order valence-corrected chi connectivity index (χ3v) is 7.78. The van der Waals surface area contributed by atoms with E-state index in [2.05, 4.69) is 29.9 Å². The predicted molar refractivity (Wildman–Crippen MR) is 138 cm³/mol. The van der Waals surface area contributed by atoms with Gasteiger partial charge in [0.1, 0.15) is 11.9 Å². The molecule has 4 heterocycles. The fraction of sp³-hybridized carbons (Fsp3) is 0.500. The lowest BCUT2D eigenvalue weighted by atomic mass is 9.93. The van der Waals surface area contributed by atoms with Gasteiger partial charge in [0.25, 0.3) is 0 Å². The van der Waals surface area contributed by atoms with Gasteiger partial charge in [-0.1, -0.05) is 0 Å². The van der Waals surface area contributed by atoms with Crippen LogP contribution in [0.3, 0.4) is 0 Å². The van der Waals surface area contributed by atoms with E-state index in [-0.39, 0.29) is 17.9 Å². The summed E-state index contributed by atoms with van der Waals surface area (Å²) < 4.78 is 38.8. The number of nitrogens with zero attached hydrogens (tertiary/aromatic N) is 5. The molecule has 1 aliphatic heterocycles. The molecule has 2 N–H and O–H groups in total. The van der Waals surface area contributed by atoms with E-state index in [0.29, 0.717) is 41.6 Å². The second-order valence-corrected chi connectivity index (χ2v) is 11.0. The Kier molecular flexibility index (Phi) is 7.33. The normalized spacial score (nSPS) is 20.8. The minimum Gasteiger partial charge on any atom is -0.474 e. The summed E-state index contributed by atoms with van der Waals surface area (Å²) in [7, 11) is -3.43. The summed E-state index contributed by atoms with van der Waals surface area (Å²) in [5, 5.41) is 4.08. The number of rotatable bonds is 8. The molecule has 0 unspecified atom stereocenters. The number of nitrogens with one attached hydrogen (secondary N) is 2. The Morgan fingerprint density at radius 2 is 1.83 bits per heavy atom. The predicted octanol–water partition coefficient (Wildman–Crippen LogP) is 2.82. The maximum atomic E-state index is 12.1. The number of ether oxygens (including phenoxy) is 2. The Hall–Kier alpha value is -3.25. The number of hydrogen-bond acceptors (Lipinski definition) is 10. The van der Waals surface area contributed by atoms with Crippen LogP contribution in [0.15, 0.2) is 36.8 Å². The van der Waals surface area contributed by atoms with E-state index in [4.69, 9.17) is 14.5 Å². The van der Waals surface area contributed by atoms with Crippen molar-refractivity contribution in [1.29, 1.82) is 0 Å². The fourth-order valence-electron chi connectivity index (χ4n) is 4.47. The Morgan fingerprint density at radius 3 is 2.56 bits per heavy atom. The van der Waals surface area contributed by atoms with E-state index in [1.807, 2.05) is 6.07 Å². The molecule has 0 bridgehead atoms.